The van der Waals surface area contributed by atoms with Crippen molar-refractivity contribution in [2.75, 3.05) is 17.7 Å². The van der Waals surface area contributed by atoms with Crippen molar-refractivity contribution in [1.82, 2.24) is 5.32 Å². The molecule has 0 radical (unpaired) electrons. The number of carbonyl (C=O) groups excluding carboxylic acids is 1. The number of halogens is 1. The number of nitrogens with one attached hydrogen (secondary N) is 1. The second-order valence-electron chi connectivity index (χ2n) is 6.03. The van der Waals surface area contributed by atoms with Gasteiger partial charge in [0.1, 0.15) is 11.8 Å². The molecule has 0 heterocycles. The monoisotopic (exact) mass is 410 g/mol. The molecular weight excluding hydrogens is 388 g/mol. The van der Waals surface area contributed by atoms with E-state index in [0.717, 1.165) is 16.1 Å². The van der Waals surface area contributed by atoms with E-state index in [1.165, 1.54) is 7.11 Å². The van der Waals surface area contributed by atoms with E-state index in [2.05, 4.69) is 5.32 Å². The minimum Gasteiger partial charge on any atom is -0.497 e. The predicted octanol–water partition coefficient (Wildman–Crippen LogP) is 3.21. The predicted molar refractivity (Wildman–Crippen MR) is 108 cm³/mol. The van der Waals surface area contributed by atoms with Crippen LogP contribution in [0.4, 0.5) is 5.69 Å². The van der Waals surface area contributed by atoms with E-state index in [-0.39, 0.29) is 12.5 Å². The Labute approximate surface area is 165 Å². The van der Waals surface area contributed by atoms with Crippen molar-refractivity contribution < 1.29 is 17.9 Å². The van der Waals surface area contributed by atoms with Crippen LogP contribution in [0.3, 0.4) is 0 Å². The molecule has 0 spiro atoms. The van der Waals surface area contributed by atoms with Crippen LogP contribution in [0.15, 0.2) is 48.5 Å². The van der Waals surface area contributed by atoms with Crippen molar-refractivity contribution in [1.29, 1.82) is 0 Å². The number of hydrogen-bond acceptors (Lipinski definition) is 4. The van der Waals surface area contributed by atoms with Crippen LogP contribution in [0, 0.1) is 0 Å². The zero-order valence-corrected chi connectivity index (χ0v) is 17.0. The Balaban J connectivity index is 2.25. The van der Waals surface area contributed by atoms with E-state index in [1.54, 1.807) is 55.5 Å². The summed E-state index contributed by atoms with van der Waals surface area (Å²) in [6, 6.07) is 12.8. The summed E-state index contributed by atoms with van der Waals surface area (Å²) < 4.78 is 31.2. The second-order valence-corrected chi connectivity index (χ2v) is 8.32. The zero-order valence-electron chi connectivity index (χ0n) is 15.5. The van der Waals surface area contributed by atoms with E-state index < -0.39 is 16.1 Å². The molecule has 0 aromatic heterocycles. The highest BCUT2D eigenvalue weighted by atomic mass is 35.5. The molecule has 0 aliphatic rings. The van der Waals surface area contributed by atoms with E-state index in [9.17, 15) is 13.2 Å². The zero-order chi connectivity index (χ0) is 20.0. The smallest absolute Gasteiger partial charge is 0.244 e. The molecule has 146 valence electrons. The fourth-order valence-electron chi connectivity index (χ4n) is 2.72. The summed E-state index contributed by atoms with van der Waals surface area (Å²) >= 11 is 5.86. The van der Waals surface area contributed by atoms with Crippen molar-refractivity contribution in [3.63, 3.8) is 0 Å². The lowest BCUT2D eigenvalue weighted by Gasteiger charge is -2.30. The summed E-state index contributed by atoms with van der Waals surface area (Å²) in [5.41, 5.74) is 1.25. The third kappa shape index (κ3) is 5.61. The normalized spacial score (nSPS) is 12.3. The first-order chi connectivity index (χ1) is 12.8. The molecule has 2 aromatic rings. The summed E-state index contributed by atoms with van der Waals surface area (Å²) in [5, 5.41) is 3.41. The van der Waals surface area contributed by atoms with Gasteiger partial charge in [-0.3, -0.25) is 9.10 Å². The first-order valence-electron chi connectivity index (χ1n) is 8.42. The lowest BCUT2D eigenvalue weighted by Crippen LogP contribution is -2.49. The van der Waals surface area contributed by atoms with Gasteiger partial charge in [-0.15, -0.1) is 0 Å². The number of rotatable bonds is 8. The maximum Gasteiger partial charge on any atom is 0.244 e. The van der Waals surface area contributed by atoms with Gasteiger partial charge in [0.15, 0.2) is 0 Å². The number of sulfonamides is 1. The quantitative estimate of drug-likeness (QED) is 0.725. The van der Waals surface area contributed by atoms with E-state index in [1.807, 2.05) is 0 Å². The number of benzene rings is 2. The fraction of sp³-hybridized carbons (Fsp3) is 0.316. The van der Waals surface area contributed by atoms with Crippen LogP contribution < -0.4 is 14.4 Å². The summed E-state index contributed by atoms with van der Waals surface area (Å²) in [6.07, 6.45) is 1.40. The Kier molecular flexibility index (Phi) is 7.10. The molecule has 0 aliphatic carbocycles. The Hall–Kier alpha value is -2.25. The average Bonchev–Trinajstić information content (AvgIpc) is 2.64. The number of anilines is 1. The second kappa shape index (κ2) is 9.10. The average molecular weight is 411 g/mol. The van der Waals surface area contributed by atoms with Gasteiger partial charge in [0.25, 0.3) is 0 Å². The lowest BCUT2D eigenvalue weighted by molar-refractivity contribution is -0.122. The van der Waals surface area contributed by atoms with Gasteiger partial charge in [-0.1, -0.05) is 36.7 Å². The van der Waals surface area contributed by atoms with Crippen molar-refractivity contribution in [3.8, 4) is 5.75 Å². The highest BCUT2D eigenvalue weighted by Gasteiger charge is 2.31. The summed E-state index contributed by atoms with van der Waals surface area (Å²) in [5.74, 6) is 0.137. The molecule has 1 N–H and O–H groups in total. The van der Waals surface area contributed by atoms with E-state index in [0.29, 0.717) is 22.9 Å². The van der Waals surface area contributed by atoms with Crippen LogP contribution in [-0.2, 0) is 21.4 Å². The highest BCUT2D eigenvalue weighted by Crippen LogP contribution is 2.26. The van der Waals surface area contributed by atoms with Crippen molar-refractivity contribution in [3.05, 3.63) is 59.1 Å². The molecule has 0 fully saturated rings. The topological polar surface area (TPSA) is 75.7 Å². The van der Waals surface area contributed by atoms with Gasteiger partial charge in [0, 0.05) is 17.6 Å². The Morgan fingerprint density at radius 2 is 1.89 bits per heavy atom. The molecule has 8 heteroatoms. The summed E-state index contributed by atoms with van der Waals surface area (Å²) in [4.78, 5) is 12.8. The largest absolute Gasteiger partial charge is 0.497 e. The van der Waals surface area contributed by atoms with Gasteiger partial charge >= 0.3 is 0 Å². The minimum atomic E-state index is -3.69. The first kappa shape index (κ1) is 21.1. The lowest BCUT2D eigenvalue weighted by atomic mass is 10.1. The summed E-state index contributed by atoms with van der Waals surface area (Å²) in [6.45, 7) is 2.05. The molecule has 2 aromatic carbocycles. The molecule has 27 heavy (non-hydrogen) atoms. The molecular formula is C19H23ClN2O4S. The van der Waals surface area contributed by atoms with Gasteiger partial charge < -0.3 is 10.1 Å². The maximum atomic E-state index is 12.8. The van der Waals surface area contributed by atoms with Crippen LogP contribution in [0.5, 0.6) is 5.75 Å². The van der Waals surface area contributed by atoms with E-state index >= 15 is 0 Å². The number of hydrogen-bond donors (Lipinski definition) is 1. The SMILES string of the molecule is CC[C@@H](C(=O)NCc1ccc(Cl)cc1)N(c1cccc(OC)c1)S(C)(=O)=O. The van der Waals surface area contributed by atoms with Crippen LogP contribution in [-0.4, -0.2) is 33.7 Å². The third-order valence-corrected chi connectivity index (χ3v) is 5.45. The van der Waals surface area contributed by atoms with Gasteiger partial charge in [-0.05, 0) is 36.2 Å². The van der Waals surface area contributed by atoms with Gasteiger partial charge in [0.2, 0.25) is 15.9 Å². The van der Waals surface area contributed by atoms with Crippen molar-refractivity contribution >= 4 is 33.2 Å². The molecule has 0 bridgehead atoms. The minimum absolute atomic E-state index is 0.280. The fourth-order valence-corrected chi connectivity index (χ4v) is 4.05. The maximum absolute atomic E-state index is 12.8. The number of ether oxygens (including phenoxy) is 1. The van der Waals surface area contributed by atoms with Crippen molar-refractivity contribution in [2.24, 2.45) is 0 Å². The van der Waals surface area contributed by atoms with Crippen molar-refractivity contribution in [2.45, 2.75) is 25.9 Å². The summed E-state index contributed by atoms with van der Waals surface area (Å²) in [7, 11) is -2.19. The number of carbonyl (C=O) groups is 1. The Bertz CT molecular complexity index is 885. The van der Waals surface area contributed by atoms with Gasteiger partial charge in [-0.25, -0.2) is 8.42 Å². The molecule has 0 unspecified atom stereocenters. The highest BCUT2D eigenvalue weighted by molar-refractivity contribution is 7.92. The molecule has 0 saturated heterocycles. The molecule has 0 saturated carbocycles. The Morgan fingerprint density at radius 3 is 2.44 bits per heavy atom. The van der Waals surface area contributed by atoms with Crippen LogP contribution in [0.25, 0.3) is 0 Å². The van der Waals surface area contributed by atoms with Crippen LogP contribution >= 0.6 is 11.6 Å². The number of nitrogens with zero attached hydrogens (tertiary/aromatic N) is 1. The molecule has 0 aliphatic heterocycles. The molecule has 1 atom stereocenters. The third-order valence-electron chi connectivity index (χ3n) is 4.02. The van der Waals surface area contributed by atoms with Gasteiger partial charge in [-0.2, -0.15) is 0 Å². The first-order valence-corrected chi connectivity index (χ1v) is 10.6. The Morgan fingerprint density at radius 1 is 1.22 bits per heavy atom. The molecule has 1 amide bonds. The van der Waals surface area contributed by atoms with Crippen LogP contribution in [0.2, 0.25) is 5.02 Å². The standard InChI is InChI=1S/C19H23ClN2O4S/c1-4-18(19(23)21-13-14-8-10-15(20)11-9-14)22(27(3,24)25)16-6-5-7-17(12-16)26-2/h5-12,18H,4,13H2,1-3H3,(H,21,23)/t18-/m0/s1. The molecule has 2 rings (SSSR count). The van der Waals surface area contributed by atoms with Crippen LogP contribution in [0.1, 0.15) is 18.9 Å². The van der Waals surface area contributed by atoms with E-state index in [4.69, 9.17) is 16.3 Å². The molecule has 6 nitrogen and oxygen atoms in total. The van der Waals surface area contributed by atoms with Gasteiger partial charge in [0.05, 0.1) is 19.1 Å². The number of methoxy groups -OCH3 is 1. The number of amides is 1.